The summed E-state index contributed by atoms with van der Waals surface area (Å²) in [6.07, 6.45) is 9.15. The average molecular weight is 390 g/mol. The molecule has 8 nitrogen and oxygen atoms in total. The average Bonchev–Trinajstić information content (AvgIpc) is 3.32. The summed E-state index contributed by atoms with van der Waals surface area (Å²) in [7, 11) is 0. The van der Waals surface area contributed by atoms with Crippen LogP contribution in [-0.2, 0) is 6.54 Å². The Morgan fingerprint density at radius 3 is 2.55 bits per heavy atom. The van der Waals surface area contributed by atoms with E-state index in [-0.39, 0.29) is 0 Å². The first-order chi connectivity index (χ1) is 14.3. The molecular weight excluding hydrogens is 364 g/mol. The van der Waals surface area contributed by atoms with Crippen molar-refractivity contribution in [3.8, 4) is 5.69 Å². The second-order valence-corrected chi connectivity index (χ2v) is 6.79. The van der Waals surface area contributed by atoms with Gasteiger partial charge in [-0.1, -0.05) is 18.2 Å². The van der Waals surface area contributed by atoms with E-state index in [0.29, 0.717) is 6.54 Å². The summed E-state index contributed by atoms with van der Waals surface area (Å²) >= 11 is 0. The van der Waals surface area contributed by atoms with Crippen LogP contribution in [0.1, 0.15) is 12.5 Å². The lowest BCUT2D eigenvalue weighted by Gasteiger charge is -2.36. The summed E-state index contributed by atoms with van der Waals surface area (Å²) in [4.78, 5) is 22.3. The number of guanidine groups is 1. The third-order valence-corrected chi connectivity index (χ3v) is 4.92. The molecule has 0 aliphatic carbocycles. The minimum absolute atomic E-state index is 0.610. The molecule has 0 radical (unpaired) electrons. The van der Waals surface area contributed by atoms with Crippen molar-refractivity contribution in [1.29, 1.82) is 0 Å². The van der Waals surface area contributed by atoms with E-state index in [1.54, 1.807) is 18.6 Å². The number of rotatable bonds is 5. The Hall–Kier alpha value is -3.42. The van der Waals surface area contributed by atoms with E-state index in [4.69, 9.17) is 4.99 Å². The molecule has 1 aliphatic heterocycles. The zero-order valence-corrected chi connectivity index (χ0v) is 16.6. The fourth-order valence-electron chi connectivity index (χ4n) is 3.46. The number of aliphatic imine (C=N–C) groups is 1. The highest BCUT2D eigenvalue weighted by Crippen LogP contribution is 2.16. The third-order valence-electron chi connectivity index (χ3n) is 4.92. The van der Waals surface area contributed by atoms with Crippen LogP contribution in [0.25, 0.3) is 5.69 Å². The van der Waals surface area contributed by atoms with Gasteiger partial charge >= 0.3 is 0 Å². The van der Waals surface area contributed by atoms with Crippen molar-refractivity contribution in [2.24, 2.45) is 4.99 Å². The molecule has 1 aromatic carbocycles. The molecule has 0 atom stereocenters. The van der Waals surface area contributed by atoms with Gasteiger partial charge in [-0.05, 0) is 24.6 Å². The molecule has 150 valence electrons. The molecule has 4 rings (SSSR count). The number of imidazole rings is 1. The number of aromatic nitrogens is 4. The predicted octanol–water partition coefficient (Wildman–Crippen LogP) is 1.95. The summed E-state index contributed by atoms with van der Waals surface area (Å²) in [6, 6.07) is 10.2. The van der Waals surface area contributed by atoms with Gasteiger partial charge in [0.1, 0.15) is 0 Å². The van der Waals surface area contributed by atoms with E-state index >= 15 is 0 Å². The van der Waals surface area contributed by atoms with Gasteiger partial charge in [0.05, 0.1) is 18.6 Å². The van der Waals surface area contributed by atoms with Crippen LogP contribution in [0.3, 0.4) is 0 Å². The number of anilines is 1. The first-order valence-electron chi connectivity index (χ1n) is 9.96. The topological polar surface area (TPSA) is 74.5 Å². The molecule has 0 unspecified atom stereocenters. The molecule has 0 spiro atoms. The molecule has 0 saturated carbocycles. The zero-order chi connectivity index (χ0) is 19.9. The number of nitrogens with one attached hydrogen (secondary N) is 1. The van der Waals surface area contributed by atoms with Crippen molar-refractivity contribution < 1.29 is 0 Å². The molecule has 1 fully saturated rings. The molecule has 29 heavy (non-hydrogen) atoms. The molecule has 1 aliphatic rings. The highest BCUT2D eigenvalue weighted by Gasteiger charge is 2.21. The van der Waals surface area contributed by atoms with Crippen LogP contribution in [0, 0.1) is 0 Å². The van der Waals surface area contributed by atoms with Gasteiger partial charge in [-0.2, -0.15) is 0 Å². The van der Waals surface area contributed by atoms with Crippen LogP contribution in [0.15, 0.2) is 66.4 Å². The van der Waals surface area contributed by atoms with Gasteiger partial charge in [0.25, 0.3) is 0 Å². The van der Waals surface area contributed by atoms with Crippen LogP contribution in [0.2, 0.25) is 0 Å². The lowest BCUT2D eigenvalue weighted by molar-refractivity contribution is 0.370. The third kappa shape index (κ3) is 4.53. The van der Waals surface area contributed by atoms with Gasteiger partial charge < -0.3 is 19.7 Å². The number of hydrogen-bond acceptors (Lipinski definition) is 5. The molecule has 1 saturated heterocycles. The largest absolute Gasteiger partial charge is 0.357 e. The minimum Gasteiger partial charge on any atom is -0.357 e. The Bertz CT molecular complexity index is 915. The maximum atomic E-state index is 4.92. The van der Waals surface area contributed by atoms with Gasteiger partial charge in [-0.15, -0.1) is 0 Å². The van der Waals surface area contributed by atoms with Crippen LogP contribution < -0.4 is 10.2 Å². The van der Waals surface area contributed by atoms with E-state index in [1.807, 2.05) is 29.2 Å². The second-order valence-electron chi connectivity index (χ2n) is 6.79. The van der Waals surface area contributed by atoms with Crippen molar-refractivity contribution >= 4 is 11.9 Å². The lowest BCUT2D eigenvalue weighted by atomic mass is 10.2. The molecule has 2 aromatic heterocycles. The van der Waals surface area contributed by atoms with Gasteiger partial charge in [-0.25, -0.2) is 19.9 Å². The fraction of sp³-hybridized carbons (Fsp3) is 0.333. The highest BCUT2D eigenvalue weighted by molar-refractivity contribution is 5.80. The number of nitrogens with zero attached hydrogens (tertiary/aromatic N) is 7. The van der Waals surface area contributed by atoms with Crippen LogP contribution in [0.4, 0.5) is 5.95 Å². The number of benzene rings is 1. The lowest BCUT2D eigenvalue weighted by Crippen LogP contribution is -2.53. The zero-order valence-electron chi connectivity index (χ0n) is 16.6. The second kappa shape index (κ2) is 9.18. The highest BCUT2D eigenvalue weighted by atomic mass is 15.4. The van der Waals surface area contributed by atoms with Crippen molar-refractivity contribution in [1.82, 2.24) is 29.7 Å². The van der Waals surface area contributed by atoms with E-state index in [9.17, 15) is 0 Å². The summed E-state index contributed by atoms with van der Waals surface area (Å²) in [5, 5.41) is 3.44. The molecule has 8 heteroatoms. The normalized spacial score (nSPS) is 14.9. The van der Waals surface area contributed by atoms with Crippen LogP contribution in [0.5, 0.6) is 0 Å². The van der Waals surface area contributed by atoms with E-state index in [2.05, 4.69) is 55.2 Å². The number of para-hydroxylation sites is 1. The Kier molecular flexibility index (Phi) is 5.99. The van der Waals surface area contributed by atoms with Gasteiger partial charge in [0.15, 0.2) is 5.96 Å². The van der Waals surface area contributed by atoms with Crippen molar-refractivity contribution in [2.75, 3.05) is 37.6 Å². The summed E-state index contributed by atoms with van der Waals surface area (Å²) in [5.74, 6) is 1.74. The summed E-state index contributed by atoms with van der Waals surface area (Å²) < 4.78 is 2.02. The van der Waals surface area contributed by atoms with Gasteiger partial charge in [0.2, 0.25) is 5.95 Å². The van der Waals surface area contributed by atoms with Crippen molar-refractivity contribution in [3.05, 3.63) is 67.0 Å². The van der Waals surface area contributed by atoms with Gasteiger partial charge in [-0.3, -0.25) is 0 Å². The summed E-state index contributed by atoms with van der Waals surface area (Å²) in [5.41, 5.74) is 2.27. The summed E-state index contributed by atoms with van der Waals surface area (Å²) in [6.45, 7) is 7.06. The molecule has 3 heterocycles. The fourth-order valence-corrected chi connectivity index (χ4v) is 3.46. The number of piperazine rings is 1. The molecule has 0 bridgehead atoms. The molecule has 0 amide bonds. The standard InChI is InChI=1S/C21H26N8/c1-2-23-20(27-12-14-28(15-13-27)21-24-8-5-9-25-21)26-16-18-6-3-4-7-19(18)29-11-10-22-17-29/h3-11,17H,2,12-16H2,1H3,(H,23,26). The first kappa shape index (κ1) is 18.9. The van der Waals surface area contributed by atoms with E-state index < -0.39 is 0 Å². The quantitative estimate of drug-likeness (QED) is 0.530. The molecule has 3 aromatic rings. The van der Waals surface area contributed by atoms with Crippen molar-refractivity contribution in [2.45, 2.75) is 13.5 Å². The van der Waals surface area contributed by atoms with Gasteiger partial charge in [0, 0.05) is 57.5 Å². The Balaban J connectivity index is 1.46. The maximum absolute atomic E-state index is 4.92. The monoisotopic (exact) mass is 390 g/mol. The van der Waals surface area contributed by atoms with Crippen LogP contribution >= 0.6 is 0 Å². The minimum atomic E-state index is 0.610. The van der Waals surface area contributed by atoms with E-state index in [0.717, 1.165) is 55.9 Å². The smallest absolute Gasteiger partial charge is 0.225 e. The van der Waals surface area contributed by atoms with E-state index in [1.165, 1.54) is 0 Å². The Morgan fingerprint density at radius 2 is 1.83 bits per heavy atom. The maximum Gasteiger partial charge on any atom is 0.225 e. The Morgan fingerprint density at radius 1 is 1.03 bits per heavy atom. The Labute approximate surface area is 171 Å². The van der Waals surface area contributed by atoms with Crippen LogP contribution in [-0.4, -0.2) is 63.1 Å². The number of hydrogen-bond donors (Lipinski definition) is 1. The predicted molar refractivity (Wildman–Crippen MR) is 114 cm³/mol. The SMILES string of the molecule is CCNC(=NCc1ccccc1-n1ccnc1)N1CCN(c2ncccn2)CC1. The van der Waals surface area contributed by atoms with Crippen molar-refractivity contribution in [3.63, 3.8) is 0 Å². The molecule has 1 N–H and O–H groups in total. The molecular formula is C21H26N8. The first-order valence-corrected chi connectivity index (χ1v) is 9.96.